The van der Waals surface area contributed by atoms with Crippen molar-refractivity contribution in [2.24, 2.45) is 11.7 Å². The van der Waals surface area contributed by atoms with Crippen LogP contribution < -0.4 is 5.73 Å². The van der Waals surface area contributed by atoms with Crippen molar-refractivity contribution in [3.05, 3.63) is 16.1 Å². The molecule has 2 N–H and O–H groups in total. The number of aromatic nitrogens is 1. The molecule has 1 aliphatic heterocycles. The first kappa shape index (κ1) is 15.4. The molecule has 112 valence electrons. The Kier molecular flexibility index (Phi) is 5.54. The average Bonchev–Trinajstić information content (AvgIpc) is 2.94. The molecule has 0 aromatic carbocycles. The van der Waals surface area contributed by atoms with Crippen LogP contribution in [0.5, 0.6) is 0 Å². The fourth-order valence-electron chi connectivity index (χ4n) is 2.48. The van der Waals surface area contributed by atoms with Crippen LogP contribution >= 0.6 is 11.3 Å². The van der Waals surface area contributed by atoms with E-state index in [4.69, 9.17) is 5.73 Å². The minimum absolute atomic E-state index is 0.0251. The van der Waals surface area contributed by atoms with Crippen LogP contribution in [0.1, 0.15) is 67.5 Å². The summed E-state index contributed by atoms with van der Waals surface area (Å²) in [6, 6.07) is -0.0251. The molecular weight excluding hydrogens is 270 g/mol. The van der Waals surface area contributed by atoms with Crippen LogP contribution in [-0.2, 0) is 0 Å². The summed E-state index contributed by atoms with van der Waals surface area (Å²) >= 11 is 1.52. The molecule has 1 fully saturated rings. The molecule has 1 amide bonds. The van der Waals surface area contributed by atoms with E-state index in [1.165, 1.54) is 11.3 Å². The second-order valence-corrected chi connectivity index (χ2v) is 6.68. The van der Waals surface area contributed by atoms with Gasteiger partial charge in [0.05, 0.1) is 6.04 Å². The molecule has 1 unspecified atom stereocenters. The van der Waals surface area contributed by atoms with Crippen molar-refractivity contribution >= 4 is 17.2 Å². The normalized spacial score (nSPS) is 18.2. The van der Waals surface area contributed by atoms with E-state index in [1.54, 1.807) is 0 Å². The van der Waals surface area contributed by atoms with E-state index >= 15 is 0 Å². The van der Waals surface area contributed by atoms with Gasteiger partial charge >= 0.3 is 0 Å². The summed E-state index contributed by atoms with van der Waals surface area (Å²) < 4.78 is 0. The Morgan fingerprint density at radius 3 is 2.90 bits per heavy atom. The number of thiazole rings is 1. The van der Waals surface area contributed by atoms with Crippen LogP contribution in [0.15, 0.2) is 5.38 Å². The highest BCUT2D eigenvalue weighted by atomic mass is 32.1. The first-order valence-electron chi connectivity index (χ1n) is 7.62. The number of likely N-dealkylation sites (tertiary alicyclic amines) is 1. The van der Waals surface area contributed by atoms with Gasteiger partial charge in [-0.05, 0) is 25.2 Å². The highest BCUT2D eigenvalue weighted by Crippen LogP contribution is 2.23. The van der Waals surface area contributed by atoms with Crippen molar-refractivity contribution in [1.82, 2.24) is 9.88 Å². The van der Waals surface area contributed by atoms with Crippen LogP contribution in [0.2, 0.25) is 0 Å². The number of piperidine rings is 1. The number of hydrogen-bond acceptors (Lipinski definition) is 4. The summed E-state index contributed by atoms with van der Waals surface area (Å²) in [5.74, 6) is 0.801. The lowest BCUT2D eigenvalue weighted by atomic mass is 9.99. The minimum atomic E-state index is -0.0251. The number of carbonyl (C=O) groups excluding carboxylic acids is 1. The van der Waals surface area contributed by atoms with Gasteiger partial charge in [-0.25, -0.2) is 4.98 Å². The standard InChI is InChI=1S/C15H25N3OS/c1-3-4-5-12(16)14-17-13(10-20-14)15(19)18-8-6-11(2)7-9-18/h10-12H,3-9,16H2,1-2H3. The smallest absolute Gasteiger partial charge is 0.273 e. The number of nitrogens with zero attached hydrogens (tertiary/aromatic N) is 2. The Hall–Kier alpha value is -0.940. The Bertz CT molecular complexity index is 438. The summed E-state index contributed by atoms with van der Waals surface area (Å²) in [5.41, 5.74) is 6.69. The quantitative estimate of drug-likeness (QED) is 0.907. The second kappa shape index (κ2) is 7.18. The molecule has 1 saturated heterocycles. The lowest BCUT2D eigenvalue weighted by Crippen LogP contribution is -2.38. The maximum Gasteiger partial charge on any atom is 0.273 e. The fourth-order valence-corrected chi connectivity index (χ4v) is 3.31. The molecule has 20 heavy (non-hydrogen) atoms. The highest BCUT2D eigenvalue weighted by Gasteiger charge is 2.23. The van der Waals surface area contributed by atoms with Gasteiger partial charge in [-0.15, -0.1) is 11.3 Å². The monoisotopic (exact) mass is 295 g/mol. The van der Waals surface area contributed by atoms with Gasteiger partial charge < -0.3 is 10.6 Å². The lowest BCUT2D eigenvalue weighted by Gasteiger charge is -2.29. The van der Waals surface area contributed by atoms with Gasteiger partial charge in [0.15, 0.2) is 0 Å². The van der Waals surface area contributed by atoms with E-state index in [0.717, 1.165) is 56.1 Å². The van der Waals surface area contributed by atoms with Crippen LogP contribution in [0.25, 0.3) is 0 Å². The molecule has 1 atom stereocenters. The number of amides is 1. The van der Waals surface area contributed by atoms with Gasteiger partial charge in [0.1, 0.15) is 10.7 Å². The number of unbranched alkanes of at least 4 members (excludes halogenated alkanes) is 1. The zero-order valence-corrected chi connectivity index (χ0v) is 13.3. The second-order valence-electron chi connectivity index (χ2n) is 5.79. The molecular formula is C15H25N3OS. The predicted molar refractivity (Wildman–Crippen MR) is 82.9 cm³/mol. The molecule has 2 heterocycles. The summed E-state index contributed by atoms with van der Waals surface area (Å²) in [4.78, 5) is 18.8. The zero-order chi connectivity index (χ0) is 14.5. The molecule has 0 spiro atoms. The topological polar surface area (TPSA) is 59.2 Å². The third-order valence-corrected chi connectivity index (χ3v) is 4.97. The average molecular weight is 295 g/mol. The Morgan fingerprint density at radius 1 is 1.55 bits per heavy atom. The predicted octanol–water partition coefficient (Wildman–Crippen LogP) is 3.21. The highest BCUT2D eigenvalue weighted by molar-refractivity contribution is 7.09. The van der Waals surface area contributed by atoms with Crippen molar-refractivity contribution < 1.29 is 4.79 Å². The maximum atomic E-state index is 12.4. The van der Waals surface area contributed by atoms with E-state index in [1.807, 2.05) is 10.3 Å². The van der Waals surface area contributed by atoms with Crippen LogP contribution in [0, 0.1) is 5.92 Å². The molecule has 0 radical (unpaired) electrons. The van der Waals surface area contributed by atoms with Crippen LogP contribution in [-0.4, -0.2) is 28.9 Å². The van der Waals surface area contributed by atoms with Gasteiger partial charge in [-0.3, -0.25) is 4.79 Å². The lowest BCUT2D eigenvalue weighted by molar-refractivity contribution is 0.0692. The molecule has 0 aliphatic carbocycles. The number of carbonyl (C=O) groups is 1. The van der Waals surface area contributed by atoms with Gasteiger partial charge in [0.25, 0.3) is 5.91 Å². The minimum Gasteiger partial charge on any atom is -0.337 e. The summed E-state index contributed by atoms with van der Waals surface area (Å²) in [6.45, 7) is 6.11. The number of nitrogens with two attached hydrogens (primary N) is 1. The van der Waals surface area contributed by atoms with E-state index < -0.39 is 0 Å². The third kappa shape index (κ3) is 3.79. The van der Waals surface area contributed by atoms with Crippen LogP contribution in [0.4, 0.5) is 0 Å². The first-order chi connectivity index (χ1) is 9.61. The molecule has 4 nitrogen and oxygen atoms in total. The van der Waals surface area contributed by atoms with Gasteiger partial charge in [-0.1, -0.05) is 26.7 Å². The van der Waals surface area contributed by atoms with E-state index in [2.05, 4.69) is 18.8 Å². The number of rotatable bonds is 5. The zero-order valence-electron chi connectivity index (χ0n) is 12.5. The van der Waals surface area contributed by atoms with Crippen molar-refractivity contribution in [2.45, 2.75) is 52.0 Å². The fraction of sp³-hybridized carbons (Fsp3) is 0.733. The SMILES string of the molecule is CCCCC(N)c1nc(C(=O)N2CCC(C)CC2)cs1. The van der Waals surface area contributed by atoms with Crippen molar-refractivity contribution in [3.63, 3.8) is 0 Å². The van der Waals surface area contributed by atoms with Gasteiger partial charge in [-0.2, -0.15) is 0 Å². The van der Waals surface area contributed by atoms with E-state index in [-0.39, 0.29) is 11.9 Å². The molecule has 5 heteroatoms. The summed E-state index contributed by atoms with van der Waals surface area (Å²) in [7, 11) is 0. The molecule has 0 saturated carbocycles. The Labute approximate surface area is 125 Å². The summed E-state index contributed by atoms with van der Waals surface area (Å²) in [6.07, 6.45) is 5.38. The molecule has 1 aromatic rings. The van der Waals surface area contributed by atoms with Crippen molar-refractivity contribution in [1.29, 1.82) is 0 Å². The van der Waals surface area contributed by atoms with Crippen molar-refractivity contribution in [3.8, 4) is 0 Å². The Morgan fingerprint density at radius 2 is 2.25 bits per heavy atom. The molecule has 2 rings (SSSR count). The first-order valence-corrected chi connectivity index (χ1v) is 8.50. The molecule has 1 aromatic heterocycles. The van der Waals surface area contributed by atoms with Crippen LogP contribution in [0.3, 0.4) is 0 Å². The summed E-state index contributed by atoms with van der Waals surface area (Å²) in [5, 5.41) is 2.76. The van der Waals surface area contributed by atoms with Crippen molar-refractivity contribution in [2.75, 3.05) is 13.1 Å². The Balaban J connectivity index is 1.95. The van der Waals surface area contributed by atoms with Gasteiger partial charge in [0.2, 0.25) is 0 Å². The number of hydrogen-bond donors (Lipinski definition) is 1. The van der Waals surface area contributed by atoms with E-state index in [9.17, 15) is 4.79 Å². The third-order valence-electron chi connectivity index (χ3n) is 4.00. The maximum absolute atomic E-state index is 12.4. The van der Waals surface area contributed by atoms with E-state index in [0.29, 0.717) is 5.69 Å². The van der Waals surface area contributed by atoms with Gasteiger partial charge in [0, 0.05) is 18.5 Å². The molecule has 0 bridgehead atoms. The molecule has 1 aliphatic rings. The largest absolute Gasteiger partial charge is 0.337 e.